The van der Waals surface area contributed by atoms with Gasteiger partial charge >= 0.3 is 0 Å². The average Bonchev–Trinajstić information content (AvgIpc) is 2.57. The second kappa shape index (κ2) is 9.74. The van der Waals surface area contributed by atoms with Gasteiger partial charge in [0.15, 0.2) is 5.96 Å². The lowest BCUT2D eigenvalue weighted by atomic mass is 9.93. The third-order valence-electron chi connectivity index (χ3n) is 4.04. The summed E-state index contributed by atoms with van der Waals surface area (Å²) in [5.41, 5.74) is 0. The van der Waals surface area contributed by atoms with Gasteiger partial charge in [-0.3, -0.25) is 0 Å². The molecule has 0 aromatic heterocycles. The first-order chi connectivity index (χ1) is 11.6. The molecule has 0 saturated heterocycles. The van der Waals surface area contributed by atoms with Crippen LogP contribution in [0.5, 0.6) is 5.75 Å². The number of aliphatic imine (C=N–C) groups is 1. The maximum atomic E-state index is 9.60. The number of hydrogen-bond acceptors (Lipinski definition) is 3. The Morgan fingerprint density at radius 3 is 2.58 bits per heavy atom. The smallest absolute Gasteiger partial charge is 0.191 e. The highest BCUT2D eigenvalue weighted by Gasteiger charge is 2.20. The molecule has 24 heavy (non-hydrogen) atoms. The van der Waals surface area contributed by atoms with Crippen molar-refractivity contribution in [3.05, 3.63) is 29.3 Å². The molecule has 0 bridgehead atoms. The van der Waals surface area contributed by atoms with Gasteiger partial charge in [-0.05, 0) is 63.8 Å². The monoisotopic (exact) mass is 353 g/mol. The van der Waals surface area contributed by atoms with Crippen LogP contribution in [0.1, 0.15) is 39.5 Å². The van der Waals surface area contributed by atoms with Crippen LogP contribution in [0.4, 0.5) is 0 Å². The van der Waals surface area contributed by atoms with Gasteiger partial charge in [-0.15, -0.1) is 0 Å². The summed E-state index contributed by atoms with van der Waals surface area (Å²) in [5, 5.41) is 17.0. The summed E-state index contributed by atoms with van der Waals surface area (Å²) in [6.45, 7) is 5.43. The Morgan fingerprint density at radius 1 is 1.29 bits per heavy atom. The molecule has 1 aliphatic rings. The molecule has 1 aliphatic carbocycles. The third-order valence-corrected chi connectivity index (χ3v) is 4.29. The Kier molecular flexibility index (Phi) is 7.66. The highest BCUT2D eigenvalue weighted by Crippen LogP contribution is 2.18. The maximum absolute atomic E-state index is 9.60. The first-order valence-electron chi connectivity index (χ1n) is 8.72. The van der Waals surface area contributed by atoms with E-state index in [1.807, 2.05) is 31.2 Å². The maximum Gasteiger partial charge on any atom is 0.191 e. The zero-order chi connectivity index (χ0) is 17.4. The lowest BCUT2D eigenvalue weighted by Crippen LogP contribution is -2.45. The van der Waals surface area contributed by atoms with Gasteiger partial charge in [-0.1, -0.05) is 11.6 Å². The van der Waals surface area contributed by atoms with Crippen molar-refractivity contribution in [2.45, 2.75) is 57.8 Å². The number of nitrogens with zero attached hydrogens (tertiary/aromatic N) is 1. The van der Waals surface area contributed by atoms with Crippen molar-refractivity contribution in [2.24, 2.45) is 4.99 Å². The zero-order valence-electron chi connectivity index (χ0n) is 14.5. The molecular weight excluding hydrogens is 326 g/mol. The Hall–Kier alpha value is -1.46. The van der Waals surface area contributed by atoms with Gasteiger partial charge in [-0.2, -0.15) is 0 Å². The van der Waals surface area contributed by atoms with Crippen LogP contribution in [0, 0.1) is 0 Å². The molecule has 1 atom stereocenters. The van der Waals surface area contributed by atoms with Crippen LogP contribution in [0.2, 0.25) is 5.02 Å². The second-order valence-electron chi connectivity index (χ2n) is 6.25. The fourth-order valence-corrected chi connectivity index (χ4v) is 2.86. The minimum absolute atomic E-state index is 0.0326. The van der Waals surface area contributed by atoms with Gasteiger partial charge in [-0.25, -0.2) is 4.99 Å². The van der Waals surface area contributed by atoms with Crippen molar-refractivity contribution in [1.29, 1.82) is 0 Å². The number of nitrogens with one attached hydrogen (secondary N) is 2. The SMILES string of the molecule is CCNC(=NCC(C)Oc1ccc(Cl)cc1)NC1CCC(O)CC1. The van der Waals surface area contributed by atoms with Crippen LogP contribution >= 0.6 is 11.6 Å². The van der Waals surface area contributed by atoms with Gasteiger partial charge in [0.1, 0.15) is 11.9 Å². The lowest BCUT2D eigenvalue weighted by molar-refractivity contribution is 0.120. The lowest BCUT2D eigenvalue weighted by Gasteiger charge is -2.27. The third kappa shape index (κ3) is 6.57. The molecule has 1 aromatic rings. The Balaban J connectivity index is 1.83. The number of rotatable bonds is 6. The molecule has 1 saturated carbocycles. The summed E-state index contributed by atoms with van der Waals surface area (Å²) < 4.78 is 5.85. The van der Waals surface area contributed by atoms with E-state index in [1.54, 1.807) is 0 Å². The number of benzene rings is 1. The second-order valence-corrected chi connectivity index (χ2v) is 6.69. The average molecular weight is 354 g/mol. The highest BCUT2D eigenvalue weighted by atomic mass is 35.5. The van der Waals surface area contributed by atoms with E-state index in [0.717, 1.165) is 43.9 Å². The highest BCUT2D eigenvalue weighted by molar-refractivity contribution is 6.30. The molecule has 0 heterocycles. The number of guanidine groups is 1. The normalized spacial score (nSPS) is 22.8. The van der Waals surface area contributed by atoms with E-state index in [9.17, 15) is 5.11 Å². The molecule has 6 heteroatoms. The minimum Gasteiger partial charge on any atom is -0.489 e. The zero-order valence-corrected chi connectivity index (χ0v) is 15.2. The van der Waals surface area contributed by atoms with Crippen molar-refractivity contribution in [3.8, 4) is 5.75 Å². The summed E-state index contributed by atoms with van der Waals surface area (Å²) in [4.78, 5) is 4.62. The van der Waals surface area contributed by atoms with Crippen LogP contribution in [-0.2, 0) is 0 Å². The van der Waals surface area contributed by atoms with Crippen molar-refractivity contribution in [2.75, 3.05) is 13.1 Å². The quantitative estimate of drug-likeness (QED) is 0.543. The summed E-state index contributed by atoms with van der Waals surface area (Å²) in [6, 6.07) is 7.73. The summed E-state index contributed by atoms with van der Waals surface area (Å²) in [6.07, 6.45) is 3.48. The van der Waals surface area contributed by atoms with E-state index in [-0.39, 0.29) is 12.2 Å². The molecule has 5 nitrogen and oxygen atoms in total. The summed E-state index contributed by atoms with van der Waals surface area (Å²) in [5.74, 6) is 1.60. The molecular formula is C18H28ClN3O2. The van der Waals surface area contributed by atoms with E-state index < -0.39 is 0 Å². The number of hydrogen-bond donors (Lipinski definition) is 3. The van der Waals surface area contributed by atoms with Crippen LogP contribution in [0.3, 0.4) is 0 Å². The van der Waals surface area contributed by atoms with Gasteiger partial charge in [0, 0.05) is 17.6 Å². The molecule has 0 spiro atoms. The van der Waals surface area contributed by atoms with Crippen molar-refractivity contribution in [3.63, 3.8) is 0 Å². The van der Waals surface area contributed by atoms with Gasteiger partial charge < -0.3 is 20.5 Å². The van der Waals surface area contributed by atoms with E-state index >= 15 is 0 Å². The molecule has 1 aromatic carbocycles. The minimum atomic E-state index is -0.143. The van der Waals surface area contributed by atoms with E-state index in [2.05, 4.69) is 22.5 Å². The predicted molar refractivity (Wildman–Crippen MR) is 98.9 cm³/mol. The van der Waals surface area contributed by atoms with Gasteiger partial charge in [0.2, 0.25) is 0 Å². The first-order valence-corrected chi connectivity index (χ1v) is 9.09. The topological polar surface area (TPSA) is 65.9 Å². The number of ether oxygens (including phenoxy) is 1. The number of aliphatic hydroxyl groups is 1. The molecule has 0 radical (unpaired) electrons. The van der Waals surface area contributed by atoms with E-state index in [0.29, 0.717) is 17.6 Å². The van der Waals surface area contributed by atoms with Crippen molar-refractivity contribution in [1.82, 2.24) is 10.6 Å². The molecule has 1 unspecified atom stereocenters. The van der Waals surface area contributed by atoms with Crippen LogP contribution in [0.15, 0.2) is 29.3 Å². The van der Waals surface area contributed by atoms with Crippen LogP contribution in [-0.4, -0.2) is 42.4 Å². The molecule has 0 amide bonds. The molecule has 3 N–H and O–H groups in total. The van der Waals surface area contributed by atoms with Crippen LogP contribution < -0.4 is 15.4 Å². The van der Waals surface area contributed by atoms with E-state index in [4.69, 9.17) is 16.3 Å². The standard InChI is InChI=1S/C18H28ClN3O2/c1-3-20-18(22-15-6-8-16(23)9-7-15)21-12-13(2)24-17-10-4-14(19)5-11-17/h4-5,10-11,13,15-16,23H,3,6-9,12H2,1-2H3,(H2,20,21,22). The Bertz CT molecular complexity index is 514. The van der Waals surface area contributed by atoms with Crippen LogP contribution in [0.25, 0.3) is 0 Å². The molecule has 0 aliphatic heterocycles. The van der Waals surface area contributed by atoms with Crippen molar-refractivity contribution < 1.29 is 9.84 Å². The van der Waals surface area contributed by atoms with E-state index in [1.165, 1.54) is 0 Å². The summed E-state index contributed by atoms with van der Waals surface area (Å²) in [7, 11) is 0. The first kappa shape index (κ1) is 18.9. The largest absolute Gasteiger partial charge is 0.489 e. The molecule has 1 fully saturated rings. The Morgan fingerprint density at radius 2 is 1.96 bits per heavy atom. The van der Waals surface area contributed by atoms with Gasteiger partial charge in [0.05, 0.1) is 12.6 Å². The molecule has 2 rings (SSSR count). The van der Waals surface area contributed by atoms with Crippen molar-refractivity contribution >= 4 is 17.6 Å². The fourth-order valence-electron chi connectivity index (χ4n) is 2.74. The fraction of sp³-hybridized carbons (Fsp3) is 0.611. The predicted octanol–water partition coefficient (Wildman–Crippen LogP) is 2.97. The number of aliphatic hydroxyl groups excluding tert-OH is 1. The Labute approximate surface area is 149 Å². The molecule has 134 valence electrons. The number of halogens is 1. The summed E-state index contributed by atoms with van der Waals surface area (Å²) >= 11 is 5.88. The van der Waals surface area contributed by atoms with Gasteiger partial charge in [0.25, 0.3) is 0 Å².